The molecule has 1 heterocycles. The Morgan fingerprint density at radius 3 is 2.57 bits per heavy atom. The molecule has 1 N–H and O–H groups in total. The number of aromatic nitrogens is 3. The molecule has 1 aromatic carbocycles. The van der Waals surface area contributed by atoms with Crippen LogP contribution in [0.25, 0.3) is 5.69 Å². The van der Waals surface area contributed by atoms with E-state index in [9.17, 15) is 4.79 Å². The van der Waals surface area contributed by atoms with Crippen LogP contribution >= 0.6 is 15.9 Å². The molecule has 0 fully saturated rings. The van der Waals surface area contributed by atoms with Crippen LogP contribution in [-0.4, -0.2) is 33.0 Å². The second kappa shape index (κ2) is 5.48. The molecule has 0 aliphatic heterocycles. The number of ether oxygens (including phenoxy) is 1. The fourth-order valence-electron chi connectivity index (χ4n) is 1.85. The van der Waals surface area contributed by atoms with E-state index in [-0.39, 0.29) is 11.2 Å². The standard InChI is InChI=1S/C14H16BrN3O3/c1-14(2,3)13-16-11(12(19)20)17-18(13)8-5-6-9(15)10(7-8)21-4/h5-7H,1-4H3,(H,19,20). The van der Waals surface area contributed by atoms with Crippen LogP contribution in [0.4, 0.5) is 0 Å². The van der Waals surface area contributed by atoms with Crippen molar-refractivity contribution in [3.8, 4) is 11.4 Å². The Balaban J connectivity index is 2.65. The quantitative estimate of drug-likeness (QED) is 0.917. The van der Waals surface area contributed by atoms with E-state index < -0.39 is 5.97 Å². The highest BCUT2D eigenvalue weighted by atomic mass is 79.9. The summed E-state index contributed by atoms with van der Waals surface area (Å²) in [4.78, 5) is 15.3. The Morgan fingerprint density at radius 2 is 2.05 bits per heavy atom. The summed E-state index contributed by atoms with van der Waals surface area (Å²) >= 11 is 3.39. The number of benzene rings is 1. The van der Waals surface area contributed by atoms with Crippen LogP contribution in [0.3, 0.4) is 0 Å². The lowest BCUT2D eigenvalue weighted by atomic mass is 9.95. The van der Waals surface area contributed by atoms with E-state index in [2.05, 4.69) is 26.0 Å². The minimum Gasteiger partial charge on any atom is -0.495 e. The summed E-state index contributed by atoms with van der Waals surface area (Å²) in [6.45, 7) is 5.86. The summed E-state index contributed by atoms with van der Waals surface area (Å²) in [5.41, 5.74) is 0.348. The first-order valence-electron chi connectivity index (χ1n) is 6.29. The molecule has 0 aliphatic rings. The highest BCUT2D eigenvalue weighted by molar-refractivity contribution is 9.10. The van der Waals surface area contributed by atoms with Crippen LogP contribution in [0.1, 0.15) is 37.2 Å². The summed E-state index contributed by atoms with van der Waals surface area (Å²) in [6.07, 6.45) is 0. The number of rotatable bonds is 3. The van der Waals surface area contributed by atoms with Crippen molar-refractivity contribution in [2.45, 2.75) is 26.2 Å². The van der Waals surface area contributed by atoms with Crippen LogP contribution in [0.2, 0.25) is 0 Å². The molecule has 112 valence electrons. The normalized spacial score (nSPS) is 11.5. The maximum Gasteiger partial charge on any atom is 0.375 e. The Hall–Kier alpha value is -1.89. The number of hydrogen-bond donors (Lipinski definition) is 1. The van der Waals surface area contributed by atoms with E-state index in [1.807, 2.05) is 32.9 Å². The van der Waals surface area contributed by atoms with Gasteiger partial charge in [-0.3, -0.25) is 0 Å². The zero-order valence-electron chi connectivity index (χ0n) is 12.2. The number of halogens is 1. The van der Waals surface area contributed by atoms with Gasteiger partial charge < -0.3 is 9.84 Å². The fourth-order valence-corrected chi connectivity index (χ4v) is 2.26. The highest BCUT2D eigenvalue weighted by Crippen LogP contribution is 2.29. The number of nitrogens with zero attached hydrogens (tertiary/aromatic N) is 3. The lowest BCUT2D eigenvalue weighted by Gasteiger charge is -2.18. The average molecular weight is 354 g/mol. The molecule has 0 atom stereocenters. The van der Waals surface area contributed by atoms with Gasteiger partial charge >= 0.3 is 5.97 Å². The molecular formula is C14H16BrN3O3. The summed E-state index contributed by atoms with van der Waals surface area (Å²) in [5, 5.41) is 13.2. The monoisotopic (exact) mass is 353 g/mol. The number of carbonyl (C=O) groups is 1. The zero-order chi connectivity index (χ0) is 15.8. The summed E-state index contributed by atoms with van der Waals surface area (Å²) in [7, 11) is 1.57. The zero-order valence-corrected chi connectivity index (χ0v) is 13.8. The van der Waals surface area contributed by atoms with Gasteiger partial charge in [-0.2, -0.15) is 0 Å². The molecule has 0 bridgehead atoms. The lowest BCUT2D eigenvalue weighted by Crippen LogP contribution is -2.18. The van der Waals surface area contributed by atoms with Crippen molar-refractivity contribution in [2.24, 2.45) is 0 Å². The van der Waals surface area contributed by atoms with Gasteiger partial charge in [-0.1, -0.05) is 20.8 Å². The van der Waals surface area contributed by atoms with Crippen molar-refractivity contribution in [1.29, 1.82) is 0 Å². The van der Waals surface area contributed by atoms with Crippen LogP contribution in [0.15, 0.2) is 22.7 Å². The minimum atomic E-state index is -1.15. The van der Waals surface area contributed by atoms with Gasteiger partial charge in [0, 0.05) is 11.5 Å². The fraction of sp³-hybridized carbons (Fsp3) is 0.357. The predicted molar refractivity (Wildman–Crippen MR) is 81.3 cm³/mol. The first-order chi connectivity index (χ1) is 9.74. The second-order valence-corrected chi connectivity index (χ2v) is 6.40. The first kappa shape index (κ1) is 15.5. The molecule has 0 saturated heterocycles. The number of carboxylic acids is 1. The van der Waals surface area contributed by atoms with Crippen LogP contribution in [0.5, 0.6) is 5.75 Å². The molecule has 0 amide bonds. The average Bonchev–Trinajstić information content (AvgIpc) is 2.84. The van der Waals surface area contributed by atoms with Gasteiger partial charge in [0.1, 0.15) is 11.6 Å². The van der Waals surface area contributed by atoms with E-state index >= 15 is 0 Å². The molecule has 0 radical (unpaired) electrons. The van der Waals surface area contributed by atoms with Crippen LogP contribution < -0.4 is 4.74 Å². The largest absolute Gasteiger partial charge is 0.495 e. The van der Waals surface area contributed by atoms with E-state index in [1.54, 1.807) is 17.9 Å². The number of carboxylic acid groups (broad SMARTS) is 1. The molecule has 2 aromatic rings. The molecule has 1 aromatic heterocycles. The van der Waals surface area contributed by atoms with Crippen LogP contribution in [0, 0.1) is 0 Å². The second-order valence-electron chi connectivity index (χ2n) is 5.54. The van der Waals surface area contributed by atoms with E-state index in [0.29, 0.717) is 17.3 Å². The molecule has 0 unspecified atom stereocenters. The van der Waals surface area contributed by atoms with E-state index in [0.717, 1.165) is 4.47 Å². The van der Waals surface area contributed by atoms with Gasteiger partial charge in [-0.15, -0.1) is 5.10 Å². The predicted octanol–water partition coefficient (Wildman–Crippen LogP) is 3.03. The number of hydrogen-bond acceptors (Lipinski definition) is 4. The topological polar surface area (TPSA) is 77.2 Å². The smallest absolute Gasteiger partial charge is 0.375 e. The molecule has 6 nitrogen and oxygen atoms in total. The van der Waals surface area contributed by atoms with Crippen molar-refractivity contribution >= 4 is 21.9 Å². The molecule has 0 saturated carbocycles. The van der Waals surface area contributed by atoms with Gasteiger partial charge in [-0.25, -0.2) is 14.5 Å². The highest BCUT2D eigenvalue weighted by Gasteiger charge is 2.26. The Labute approximate surface area is 130 Å². The third kappa shape index (κ3) is 3.07. The SMILES string of the molecule is COc1cc(-n2nc(C(=O)O)nc2C(C)(C)C)ccc1Br. The molecule has 7 heteroatoms. The van der Waals surface area contributed by atoms with Gasteiger partial charge in [0.25, 0.3) is 5.82 Å². The van der Waals surface area contributed by atoms with Gasteiger partial charge in [0.05, 0.1) is 17.3 Å². The van der Waals surface area contributed by atoms with Crippen LogP contribution in [-0.2, 0) is 5.41 Å². The van der Waals surface area contributed by atoms with Gasteiger partial charge in [0.2, 0.25) is 0 Å². The van der Waals surface area contributed by atoms with Crippen molar-refractivity contribution in [3.63, 3.8) is 0 Å². The maximum atomic E-state index is 11.1. The van der Waals surface area contributed by atoms with Gasteiger partial charge in [-0.05, 0) is 28.1 Å². The van der Waals surface area contributed by atoms with Crippen molar-refractivity contribution < 1.29 is 14.6 Å². The first-order valence-corrected chi connectivity index (χ1v) is 7.08. The summed E-state index contributed by atoms with van der Waals surface area (Å²) in [6, 6.07) is 5.42. The molecule has 2 rings (SSSR count). The Kier molecular flexibility index (Phi) is 4.04. The third-order valence-corrected chi connectivity index (χ3v) is 3.50. The van der Waals surface area contributed by atoms with Crippen molar-refractivity contribution in [1.82, 2.24) is 14.8 Å². The molecule has 21 heavy (non-hydrogen) atoms. The molecule has 0 aliphatic carbocycles. The van der Waals surface area contributed by atoms with Gasteiger partial charge in [0.15, 0.2) is 0 Å². The summed E-state index contributed by atoms with van der Waals surface area (Å²) in [5.74, 6) is -0.158. The molecular weight excluding hydrogens is 338 g/mol. The summed E-state index contributed by atoms with van der Waals surface area (Å²) < 4.78 is 7.61. The maximum absolute atomic E-state index is 11.1. The van der Waals surface area contributed by atoms with E-state index in [4.69, 9.17) is 9.84 Å². The van der Waals surface area contributed by atoms with Crippen molar-refractivity contribution in [3.05, 3.63) is 34.3 Å². The minimum absolute atomic E-state index is 0.221. The van der Waals surface area contributed by atoms with E-state index in [1.165, 1.54) is 0 Å². The third-order valence-electron chi connectivity index (χ3n) is 2.85. The Bertz CT molecular complexity index is 689. The lowest BCUT2D eigenvalue weighted by molar-refractivity contribution is 0.0683. The number of aromatic carboxylic acids is 1. The Morgan fingerprint density at radius 1 is 1.38 bits per heavy atom. The molecule has 0 spiro atoms. The number of methoxy groups -OCH3 is 1. The van der Waals surface area contributed by atoms with Crippen molar-refractivity contribution in [2.75, 3.05) is 7.11 Å².